The molecule has 1 aromatic rings. The van der Waals surface area contributed by atoms with Gasteiger partial charge in [0, 0.05) is 9.75 Å². The van der Waals surface area contributed by atoms with Crippen molar-refractivity contribution < 1.29 is 0 Å². The number of thiophene rings is 1. The van der Waals surface area contributed by atoms with Crippen molar-refractivity contribution in [3.05, 3.63) is 21.9 Å². The van der Waals surface area contributed by atoms with Crippen LogP contribution in [-0.2, 0) is 5.54 Å². The van der Waals surface area contributed by atoms with Crippen LogP contribution in [0.2, 0.25) is 0 Å². The molecule has 0 saturated heterocycles. The summed E-state index contributed by atoms with van der Waals surface area (Å²) in [6.07, 6.45) is 1.13. The van der Waals surface area contributed by atoms with Crippen molar-refractivity contribution >= 4 is 11.3 Å². The van der Waals surface area contributed by atoms with Crippen LogP contribution in [0.4, 0.5) is 0 Å². The van der Waals surface area contributed by atoms with Gasteiger partial charge in [0.05, 0.1) is 5.54 Å². The first-order valence-corrected chi connectivity index (χ1v) is 5.66. The third-order valence-electron chi connectivity index (χ3n) is 2.91. The van der Waals surface area contributed by atoms with Crippen LogP contribution in [0.3, 0.4) is 0 Å². The van der Waals surface area contributed by atoms with Gasteiger partial charge < -0.3 is 5.73 Å². The van der Waals surface area contributed by atoms with Crippen LogP contribution in [0.5, 0.6) is 0 Å². The molecule has 0 saturated carbocycles. The van der Waals surface area contributed by atoms with Crippen LogP contribution >= 0.6 is 11.3 Å². The number of aryl methyl sites for hydroxylation is 1. The summed E-state index contributed by atoms with van der Waals surface area (Å²) in [5.41, 5.74) is 6.16. The molecule has 0 radical (unpaired) electrons. The van der Waals surface area contributed by atoms with E-state index in [0.29, 0.717) is 5.92 Å². The molecule has 0 spiro atoms. The summed E-state index contributed by atoms with van der Waals surface area (Å²) in [5, 5.41) is 0. The van der Waals surface area contributed by atoms with Crippen LogP contribution in [0.1, 0.15) is 36.9 Å². The highest BCUT2D eigenvalue weighted by Gasteiger charge is 2.28. The van der Waals surface area contributed by atoms with Crippen molar-refractivity contribution in [2.24, 2.45) is 11.7 Å². The molecule has 1 rings (SSSR count). The van der Waals surface area contributed by atoms with Crippen molar-refractivity contribution in [2.45, 2.75) is 39.7 Å². The fraction of sp³-hybridized carbons (Fsp3) is 0.636. The number of nitrogens with two attached hydrogens (primary N) is 1. The van der Waals surface area contributed by atoms with E-state index in [2.05, 4.69) is 39.8 Å². The van der Waals surface area contributed by atoms with E-state index in [4.69, 9.17) is 5.73 Å². The van der Waals surface area contributed by atoms with Gasteiger partial charge in [-0.1, -0.05) is 20.3 Å². The Morgan fingerprint density at radius 2 is 2.15 bits per heavy atom. The molecule has 13 heavy (non-hydrogen) atoms. The molecule has 0 amide bonds. The molecule has 0 bridgehead atoms. The zero-order chi connectivity index (χ0) is 10.1. The summed E-state index contributed by atoms with van der Waals surface area (Å²) in [5.74, 6) is 0.533. The molecule has 2 N–H and O–H groups in total. The van der Waals surface area contributed by atoms with Crippen LogP contribution in [0.15, 0.2) is 12.1 Å². The summed E-state index contributed by atoms with van der Waals surface area (Å²) in [6, 6.07) is 4.31. The third kappa shape index (κ3) is 2.12. The van der Waals surface area contributed by atoms with E-state index in [1.165, 1.54) is 9.75 Å². The molecule has 0 fully saturated rings. The maximum absolute atomic E-state index is 6.32. The van der Waals surface area contributed by atoms with Crippen molar-refractivity contribution in [2.75, 3.05) is 0 Å². The van der Waals surface area contributed by atoms with Crippen LogP contribution in [0, 0.1) is 12.8 Å². The Labute approximate surface area is 85.0 Å². The van der Waals surface area contributed by atoms with Gasteiger partial charge in [-0.25, -0.2) is 0 Å². The predicted octanol–water partition coefficient (Wildman–Crippen LogP) is 3.28. The van der Waals surface area contributed by atoms with Crippen molar-refractivity contribution in [3.63, 3.8) is 0 Å². The fourth-order valence-corrected chi connectivity index (χ4v) is 2.43. The summed E-state index contributed by atoms with van der Waals surface area (Å²) in [7, 11) is 0. The minimum atomic E-state index is -0.159. The molecule has 0 aliphatic heterocycles. The summed E-state index contributed by atoms with van der Waals surface area (Å²) in [6.45, 7) is 8.67. The van der Waals surface area contributed by atoms with Gasteiger partial charge in [-0.15, -0.1) is 11.3 Å². The van der Waals surface area contributed by atoms with Gasteiger partial charge in [0.25, 0.3) is 0 Å². The van der Waals surface area contributed by atoms with Gasteiger partial charge >= 0.3 is 0 Å². The quantitative estimate of drug-likeness (QED) is 0.790. The van der Waals surface area contributed by atoms with Crippen molar-refractivity contribution in [1.29, 1.82) is 0 Å². The summed E-state index contributed by atoms with van der Waals surface area (Å²) < 4.78 is 0. The molecule has 1 aromatic heterocycles. The Bertz CT molecular complexity index is 275. The smallest absolute Gasteiger partial charge is 0.0501 e. The van der Waals surface area contributed by atoms with E-state index in [9.17, 15) is 0 Å². The van der Waals surface area contributed by atoms with Crippen LogP contribution < -0.4 is 5.73 Å². The Morgan fingerprint density at radius 3 is 2.54 bits per heavy atom. The Hall–Kier alpha value is -0.340. The maximum Gasteiger partial charge on any atom is 0.0501 e. The minimum Gasteiger partial charge on any atom is -0.321 e. The number of hydrogen-bond acceptors (Lipinski definition) is 2. The molecular formula is C11H19NS. The lowest BCUT2D eigenvalue weighted by molar-refractivity contribution is 0.322. The SMILES string of the molecule is CCC(C)C(C)(N)c1ccc(C)s1. The molecule has 2 unspecified atom stereocenters. The molecule has 74 valence electrons. The van der Waals surface area contributed by atoms with Gasteiger partial charge in [-0.2, -0.15) is 0 Å². The van der Waals surface area contributed by atoms with Crippen LogP contribution in [-0.4, -0.2) is 0 Å². The van der Waals surface area contributed by atoms with Crippen molar-refractivity contribution in [3.8, 4) is 0 Å². The highest BCUT2D eigenvalue weighted by atomic mass is 32.1. The largest absolute Gasteiger partial charge is 0.321 e. The lowest BCUT2D eigenvalue weighted by Gasteiger charge is -2.29. The molecule has 2 heteroatoms. The van der Waals surface area contributed by atoms with E-state index in [1.807, 2.05) is 11.3 Å². The second-order valence-corrected chi connectivity index (χ2v) is 5.29. The second kappa shape index (κ2) is 3.81. The highest BCUT2D eigenvalue weighted by molar-refractivity contribution is 7.12. The normalized spacial score (nSPS) is 18.2. The van der Waals surface area contributed by atoms with E-state index < -0.39 is 0 Å². The maximum atomic E-state index is 6.32. The van der Waals surface area contributed by atoms with Crippen molar-refractivity contribution in [1.82, 2.24) is 0 Å². The number of rotatable bonds is 3. The fourth-order valence-electron chi connectivity index (χ4n) is 1.39. The van der Waals surface area contributed by atoms with Gasteiger partial charge in [0.2, 0.25) is 0 Å². The molecule has 1 heterocycles. The summed E-state index contributed by atoms with van der Waals surface area (Å²) >= 11 is 1.81. The topological polar surface area (TPSA) is 26.0 Å². The molecule has 0 aromatic carbocycles. The summed E-state index contributed by atoms with van der Waals surface area (Å²) in [4.78, 5) is 2.65. The first-order valence-electron chi connectivity index (χ1n) is 4.84. The van der Waals surface area contributed by atoms with E-state index in [0.717, 1.165) is 6.42 Å². The van der Waals surface area contributed by atoms with Gasteiger partial charge in [0.15, 0.2) is 0 Å². The van der Waals surface area contributed by atoms with E-state index in [-0.39, 0.29) is 5.54 Å². The Morgan fingerprint density at radius 1 is 1.54 bits per heavy atom. The number of hydrogen-bond donors (Lipinski definition) is 1. The van der Waals surface area contributed by atoms with Gasteiger partial charge in [-0.3, -0.25) is 0 Å². The molecule has 0 aliphatic rings. The predicted molar refractivity (Wildman–Crippen MR) is 60.1 cm³/mol. The average molecular weight is 197 g/mol. The van der Waals surface area contributed by atoms with Gasteiger partial charge in [0.1, 0.15) is 0 Å². The first-order chi connectivity index (χ1) is 5.98. The average Bonchev–Trinajstić information content (AvgIpc) is 2.50. The molecular weight excluding hydrogens is 178 g/mol. The third-order valence-corrected chi connectivity index (χ3v) is 4.16. The zero-order valence-corrected chi connectivity index (χ0v) is 9.74. The van der Waals surface area contributed by atoms with E-state index >= 15 is 0 Å². The standard InChI is InChI=1S/C11H19NS/c1-5-8(2)11(4,12)10-7-6-9(3)13-10/h6-8H,5,12H2,1-4H3. The zero-order valence-electron chi connectivity index (χ0n) is 8.92. The monoisotopic (exact) mass is 197 g/mol. The molecule has 1 nitrogen and oxygen atoms in total. The lowest BCUT2D eigenvalue weighted by atomic mass is 9.85. The van der Waals surface area contributed by atoms with E-state index in [1.54, 1.807) is 0 Å². The Balaban J connectivity index is 2.92. The first kappa shape index (κ1) is 10.7. The minimum absolute atomic E-state index is 0.159. The second-order valence-electron chi connectivity index (χ2n) is 4.00. The molecule has 0 aliphatic carbocycles. The lowest BCUT2D eigenvalue weighted by Crippen LogP contribution is -2.38. The Kier molecular flexibility index (Phi) is 3.14. The molecule has 2 atom stereocenters. The van der Waals surface area contributed by atoms with Gasteiger partial charge in [-0.05, 0) is 31.9 Å². The van der Waals surface area contributed by atoms with Crippen LogP contribution in [0.25, 0.3) is 0 Å². The highest BCUT2D eigenvalue weighted by Crippen LogP contribution is 2.33.